The van der Waals surface area contributed by atoms with E-state index in [1.54, 1.807) is 12.4 Å². The standard InChI is InChI=1S/C24H25N5O/c1-2-4-19(25-12-3-1)15-20-7-5-17-14-21(8-9-22(17)28-20)30-24-10-6-18(16-26-24)23-11-13-27-29-23/h5-11,13-14,16,19,25H,1-4,12,15H2,(H,27,29). The molecule has 1 unspecified atom stereocenters. The quantitative estimate of drug-likeness (QED) is 0.500. The summed E-state index contributed by atoms with van der Waals surface area (Å²) in [6.45, 7) is 1.12. The molecule has 3 aromatic heterocycles. The Morgan fingerprint density at radius 2 is 2.00 bits per heavy atom. The van der Waals surface area contributed by atoms with Crippen LogP contribution in [0.2, 0.25) is 0 Å². The molecule has 5 rings (SSSR count). The van der Waals surface area contributed by atoms with Gasteiger partial charge >= 0.3 is 0 Å². The largest absolute Gasteiger partial charge is 0.439 e. The minimum Gasteiger partial charge on any atom is -0.439 e. The molecule has 30 heavy (non-hydrogen) atoms. The van der Waals surface area contributed by atoms with Gasteiger partial charge in [-0.25, -0.2) is 4.98 Å². The molecule has 1 saturated heterocycles. The minimum absolute atomic E-state index is 0.538. The lowest BCUT2D eigenvalue weighted by Crippen LogP contribution is -2.30. The van der Waals surface area contributed by atoms with E-state index in [1.165, 1.54) is 25.7 Å². The van der Waals surface area contributed by atoms with Crippen LogP contribution in [-0.4, -0.2) is 32.8 Å². The third-order valence-electron chi connectivity index (χ3n) is 5.61. The second kappa shape index (κ2) is 8.63. The molecule has 6 heteroatoms. The first-order valence-corrected chi connectivity index (χ1v) is 10.6. The molecule has 1 atom stereocenters. The highest BCUT2D eigenvalue weighted by Gasteiger charge is 2.13. The van der Waals surface area contributed by atoms with Crippen molar-refractivity contribution in [1.82, 2.24) is 25.5 Å². The predicted octanol–water partition coefficient (Wildman–Crippen LogP) is 4.89. The van der Waals surface area contributed by atoms with Crippen molar-refractivity contribution in [3.8, 4) is 22.9 Å². The van der Waals surface area contributed by atoms with Crippen LogP contribution in [0, 0.1) is 0 Å². The summed E-state index contributed by atoms with van der Waals surface area (Å²) in [6, 6.07) is 16.5. The number of aromatic amines is 1. The zero-order valence-corrected chi connectivity index (χ0v) is 16.8. The number of benzene rings is 1. The number of H-pyrrole nitrogens is 1. The number of rotatable bonds is 5. The lowest BCUT2D eigenvalue weighted by Gasteiger charge is -2.15. The lowest BCUT2D eigenvalue weighted by molar-refractivity contribution is 0.464. The molecule has 6 nitrogen and oxygen atoms in total. The molecule has 1 fully saturated rings. The van der Waals surface area contributed by atoms with Gasteiger partial charge in [-0.2, -0.15) is 5.10 Å². The molecular weight excluding hydrogens is 374 g/mol. The van der Waals surface area contributed by atoms with Crippen molar-refractivity contribution in [2.75, 3.05) is 6.54 Å². The maximum atomic E-state index is 5.95. The maximum absolute atomic E-state index is 5.95. The van der Waals surface area contributed by atoms with Crippen LogP contribution in [0.3, 0.4) is 0 Å². The van der Waals surface area contributed by atoms with E-state index < -0.39 is 0 Å². The third-order valence-corrected chi connectivity index (χ3v) is 5.61. The average molecular weight is 399 g/mol. The molecule has 0 radical (unpaired) electrons. The van der Waals surface area contributed by atoms with E-state index in [0.717, 1.165) is 46.6 Å². The van der Waals surface area contributed by atoms with Gasteiger partial charge in [0.05, 0.1) is 11.2 Å². The van der Waals surface area contributed by atoms with Gasteiger partial charge in [0.15, 0.2) is 0 Å². The van der Waals surface area contributed by atoms with Crippen LogP contribution < -0.4 is 10.1 Å². The highest BCUT2D eigenvalue weighted by atomic mass is 16.5. The molecule has 0 spiro atoms. The number of nitrogens with zero attached hydrogens (tertiary/aromatic N) is 3. The van der Waals surface area contributed by atoms with Gasteiger partial charge in [0, 0.05) is 47.6 Å². The van der Waals surface area contributed by atoms with E-state index >= 15 is 0 Å². The van der Waals surface area contributed by atoms with E-state index in [9.17, 15) is 0 Å². The number of aromatic nitrogens is 4. The maximum Gasteiger partial charge on any atom is 0.219 e. The summed E-state index contributed by atoms with van der Waals surface area (Å²) >= 11 is 0. The van der Waals surface area contributed by atoms with Crippen LogP contribution in [0.4, 0.5) is 0 Å². The summed E-state index contributed by atoms with van der Waals surface area (Å²) in [5.41, 5.74) is 4.04. The summed E-state index contributed by atoms with van der Waals surface area (Å²) in [4.78, 5) is 9.27. The second-order valence-electron chi connectivity index (χ2n) is 7.82. The Morgan fingerprint density at radius 1 is 1.00 bits per heavy atom. The topological polar surface area (TPSA) is 75.7 Å². The first-order valence-electron chi connectivity index (χ1n) is 10.6. The average Bonchev–Trinajstić information content (AvgIpc) is 3.20. The van der Waals surface area contributed by atoms with E-state index in [0.29, 0.717) is 11.9 Å². The first-order chi connectivity index (χ1) is 14.8. The van der Waals surface area contributed by atoms with Crippen molar-refractivity contribution in [2.24, 2.45) is 0 Å². The molecule has 0 aliphatic carbocycles. The number of hydrogen-bond donors (Lipinski definition) is 2. The molecule has 0 saturated carbocycles. The fraction of sp³-hybridized carbons (Fsp3) is 0.292. The molecule has 152 valence electrons. The molecule has 0 bridgehead atoms. The molecule has 1 aliphatic rings. The summed E-state index contributed by atoms with van der Waals surface area (Å²) in [7, 11) is 0. The summed E-state index contributed by atoms with van der Waals surface area (Å²) < 4.78 is 5.95. The number of hydrogen-bond acceptors (Lipinski definition) is 5. The zero-order valence-electron chi connectivity index (χ0n) is 16.8. The molecule has 2 N–H and O–H groups in total. The van der Waals surface area contributed by atoms with Gasteiger partial charge in [-0.05, 0) is 55.8 Å². The number of nitrogens with one attached hydrogen (secondary N) is 2. The van der Waals surface area contributed by atoms with Crippen LogP contribution in [0.1, 0.15) is 31.4 Å². The predicted molar refractivity (Wildman–Crippen MR) is 118 cm³/mol. The zero-order chi connectivity index (χ0) is 20.2. The van der Waals surface area contributed by atoms with Crippen LogP contribution in [0.25, 0.3) is 22.2 Å². The van der Waals surface area contributed by atoms with Crippen LogP contribution in [-0.2, 0) is 6.42 Å². The Balaban J connectivity index is 1.29. The number of ether oxygens (including phenoxy) is 1. The first kappa shape index (κ1) is 18.8. The van der Waals surface area contributed by atoms with Gasteiger partial charge < -0.3 is 10.1 Å². The Morgan fingerprint density at radius 3 is 2.87 bits per heavy atom. The summed E-state index contributed by atoms with van der Waals surface area (Å²) in [6.07, 6.45) is 9.65. The van der Waals surface area contributed by atoms with Gasteiger partial charge in [-0.3, -0.25) is 10.1 Å². The number of fused-ring (bicyclic) bond motifs is 1. The highest BCUT2D eigenvalue weighted by molar-refractivity contribution is 5.80. The third kappa shape index (κ3) is 4.33. The van der Waals surface area contributed by atoms with Crippen molar-refractivity contribution in [2.45, 2.75) is 38.1 Å². The fourth-order valence-electron chi connectivity index (χ4n) is 3.99. The van der Waals surface area contributed by atoms with Gasteiger partial charge in [0.2, 0.25) is 5.88 Å². The molecule has 0 amide bonds. The fourth-order valence-corrected chi connectivity index (χ4v) is 3.99. The second-order valence-corrected chi connectivity index (χ2v) is 7.82. The molecule has 4 heterocycles. The van der Waals surface area contributed by atoms with Gasteiger partial charge in [-0.1, -0.05) is 18.9 Å². The van der Waals surface area contributed by atoms with E-state index in [-0.39, 0.29) is 0 Å². The van der Waals surface area contributed by atoms with Crippen molar-refractivity contribution in [1.29, 1.82) is 0 Å². The molecule has 1 aliphatic heterocycles. The van der Waals surface area contributed by atoms with Crippen LogP contribution >= 0.6 is 0 Å². The van der Waals surface area contributed by atoms with Crippen molar-refractivity contribution in [3.63, 3.8) is 0 Å². The van der Waals surface area contributed by atoms with Crippen molar-refractivity contribution in [3.05, 3.63) is 66.6 Å². The van der Waals surface area contributed by atoms with Gasteiger partial charge in [-0.15, -0.1) is 0 Å². The smallest absolute Gasteiger partial charge is 0.219 e. The summed E-state index contributed by atoms with van der Waals surface area (Å²) in [5.74, 6) is 1.31. The van der Waals surface area contributed by atoms with Crippen LogP contribution in [0.5, 0.6) is 11.6 Å². The normalized spacial score (nSPS) is 17.0. The highest BCUT2D eigenvalue weighted by Crippen LogP contribution is 2.26. The van der Waals surface area contributed by atoms with E-state index in [2.05, 4.69) is 32.6 Å². The monoisotopic (exact) mass is 399 g/mol. The van der Waals surface area contributed by atoms with Gasteiger partial charge in [0.25, 0.3) is 0 Å². The SMILES string of the molecule is c1cc(-c2ccc(Oc3ccc4nc(CC5CCCCCN5)ccc4c3)nc2)[nH]n1. The molecule has 1 aromatic carbocycles. The number of pyridine rings is 2. The Labute approximate surface area is 175 Å². The Bertz CT molecular complexity index is 1100. The van der Waals surface area contributed by atoms with Crippen LogP contribution in [0.15, 0.2) is 60.9 Å². The molecular formula is C24H25N5O. The summed E-state index contributed by atoms with van der Waals surface area (Å²) in [5, 5.41) is 11.6. The Hall–Kier alpha value is -3.25. The minimum atomic E-state index is 0.538. The van der Waals surface area contributed by atoms with Gasteiger partial charge in [0.1, 0.15) is 5.75 Å². The van der Waals surface area contributed by atoms with E-state index in [4.69, 9.17) is 9.72 Å². The van der Waals surface area contributed by atoms with Crippen molar-refractivity contribution < 1.29 is 4.74 Å². The van der Waals surface area contributed by atoms with Crippen molar-refractivity contribution >= 4 is 10.9 Å². The Kier molecular flexibility index (Phi) is 5.40. The lowest BCUT2D eigenvalue weighted by atomic mass is 10.0. The van der Waals surface area contributed by atoms with E-state index in [1.807, 2.05) is 36.4 Å². The molecule has 4 aromatic rings.